The lowest BCUT2D eigenvalue weighted by Gasteiger charge is -2.34. The van der Waals surface area contributed by atoms with Gasteiger partial charge in [0.05, 0.1) is 0 Å². The van der Waals surface area contributed by atoms with E-state index < -0.39 is 0 Å². The molecule has 0 saturated heterocycles. The summed E-state index contributed by atoms with van der Waals surface area (Å²) in [7, 11) is 0. The van der Waals surface area contributed by atoms with Crippen LogP contribution in [0.1, 0.15) is 59.6 Å². The second kappa shape index (κ2) is 6.09. The summed E-state index contributed by atoms with van der Waals surface area (Å²) in [6.45, 7) is 18.2. The number of hydrogen-bond donors (Lipinski definition) is 0. The van der Waals surface area contributed by atoms with Crippen molar-refractivity contribution in [2.24, 2.45) is 0 Å². The molecule has 0 bridgehead atoms. The molecule has 0 atom stereocenters. The SMILES string of the molecule is CCN(CCc1ccc(C(C)(C)C)cc1)C(C)(C)C. The number of likely N-dealkylation sites (N-methyl/N-ethyl adjacent to an activating group) is 1. The van der Waals surface area contributed by atoms with Crippen molar-refractivity contribution >= 4 is 0 Å². The molecule has 0 aromatic heterocycles. The van der Waals surface area contributed by atoms with Crippen molar-refractivity contribution in [2.45, 2.75) is 65.8 Å². The summed E-state index contributed by atoms with van der Waals surface area (Å²) in [5.41, 5.74) is 3.37. The van der Waals surface area contributed by atoms with Gasteiger partial charge in [0, 0.05) is 12.1 Å². The average Bonchev–Trinajstić information content (AvgIpc) is 2.27. The van der Waals surface area contributed by atoms with Gasteiger partial charge in [-0.05, 0) is 50.3 Å². The average molecular weight is 261 g/mol. The van der Waals surface area contributed by atoms with E-state index in [1.54, 1.807) is 0 Å². The third-order valence-electron chi connectivity index (χ3n) is 3.82. The lowest BCUT2D eigenvalue weighted by atomic mass is 9.86. The van der Waals surface area contributed by atoms with Crippen molar-refractivity contribution in [1.82, 2.24) is 4.90 Å². The highest BCUT2D eigenvalue weighted by Crippen LogP contribution is 2.22. The highest BCUT2D eigenvalue weighted by atomic mass is 15.2. The van der Waals surface area contributed by atoms with Crippen LogP contribution in [0, 0.1) is 0 Å². The standard InChI is InChI=1S/C18H31N/c1-8-19(18(5,6)7)14-13-15-9-11-16(12-10-15)17(2,3)4/h9-12H,8,13-14H2,1-7H3. The molecule has 1 aromatic rings. The minimum absolute atomic E-state index is 0.249. The molecule has 19 heavy (non-hydrogen) atoms. The summed E-state index contributed by atoms with van der Waals surface area (Å²) >= 11 is 0. The Labute approximate surface area is 120 Å². The predicted molar refractivity (Wildman–Crippen MR) is 85.8 cm³/mol. The van der Waals surface area contributed by atoms with Crippen LogP contribution in [0.25, 0.3) is 0 Å². The summed E-state index contributed by atoms with van der Waals surface area (Å²) in [5, 5.41) is 0. The van der Waals surface area contributed by atoms with Gasteiger partial charge in [-0.15, -0.1) is 0 Å². The number of benzene rings is 1. The first-order valence-corrected chi connectivity index (χ1v) is 7.49. The molecule has 1 nitrogen and oxygen atoms in total. The maximum absolute atomic E-state index is 2.53. The lowest BCUT2D eigenvalue weighted by Crippen LogP contribution is -2.42. The van der Waals surface area contributed by atoms with E-state index in [1.807, 2.05) is 0 Å². The van der Waals surface area contributed by atoms with Crippen molar-refractivity contribution in [3.05, 3.63) is 35.4 Å². The third-order valence-corrected chi connectivity index (χ3v) is 3.82. The Morgan fingerprint density at radius 2 is 1.42 bits per heavy atom. The van der Waals surface area contributed by atoms with Crippen LogP contribution in [0.5, 0.6) is 0 Å². The monoisotopic (exact) mass is 261 g/mol. The van der Waals surface area contributed by atoms with E-state index >= 15 is 0 Å². The highest BCUT2D eigenvalue weighted by molar-refractivity contribution is 5.27. The van der Waals surface area contributed by atoms with E-state index in [4.69, 9.17) is 0 Å². The molecule has 0 saturated carbocycles. The summed E-state index contributed by atoms with van der Waals surface area (Å²) in [5.74, 6) is 0. The predicted octanol–water partition coefficient (Wildman–Crippen LogP) is 4.65. The Kier molecular flexibility index (Phi) is 5.20. The summed E-state index contributed by atoms with van der Waals surface area (Å²) in [4.78, 5) is 2.53. The maximum Gasteiger partial charge on any atom is 0.0125 e. The first-order valence-electron chi connectivity index (χ1n) is 7.49. The molecule has 0 aliphatic carbocycles. The van der Waals surface area contributed by atoms with Gasteiger partial charge in [0.25, 0.3) is 0 Å². The van der Waals surface area contributed by atoms with E-state index in [0.717, 1.165) is 19.5 Å². The van der Waals surface area contributed by atoms with Crippen molar-refractivity contribution in [3.63, 3.8) is 0 Å². The summed E-state index contributed by atoms with van der Waals surface area (Å²) < 4.78 is 0. The fourth-order valence-corrected chi connectivity index (χ4v) is 2.40. The van der Waals surface area contributed by atoms with Gasteiger partial charge in [-0.25, -0.2) is 0 Å². The molecule has 0 radical (unpaired) electrons. The molecule has 0 aliphatic heterocycles. The molecule has 1 aromatic carbocycles. The number of rotatable bonds is 4. The molecule has 0 fully saturated rings. The minimum atomic E-state index is 0.249. The van der Waals surface area contributed by atoms with Crippen molar-refractivity contribution in [3.8, 4) is 0 Å². The van der Waals surface area contributed by atoms with Crippen LogP contribution in [-0.2, 0) is 11.8 Å². The molecule has 0 aliphatic rings. The van der Waals surface area contributed by atoms with E-state index in [9.17, 15) is 0 Å². The fraction of sp³-hybridized carbons (Fsp3) is 0.667. The summed E-state index contributed by atoms with van der Waals surface area (Å²) in [6, 6.07) is 9.14. The van der Waals surface area contributed by atoms with Gasteiger partial charge in [0.2, 0.25) is 0 Å². The second-order valence-corrected chi connectivity index (χ2v) is 7.45. The zero-order chi connectivity index (χ0) is 14.7. The largest absolute Gasteiger partial charge is 0.298 e. The van der Waals surface area contributed by atoms with Crippen LogP contribution in [0.3, 0.4) is 0 Å². The van der Waals surface area contributed by atoms with E-state index in [2.05, 4.69) is 77.6 Å². The van der Waals surface area contributed by atoms with Crippen LogP contribution in [0.2, 0.25) is 0 Å². The maximum atomic E-state index is 2.53. The first kappa shape index (κ1) is 16.2. The fourth-order valence-electron chi connectivity index (χ4n) is 2.40. The third kappa shape index (κ3) is 4.99. The van der Waals surface area contributed by atoms with E-state index in [1.165, 1.54) is 11.1 Å². The number of nitrogens with zero attached hydrogens (tertiary/aromatic N) is 1. The molecule has 0 unspecified atom stereocenters. The Morgan fingerprint density at radius 1 is 0.895 bits per heavy atom. The molecule has 1 heteroatoms. The van der Waals surface area contributed by atoms with Crippen molar-refractivity contribution < 1.29 is 0 Å². The van der Waals surface area contributed by atoms with Gasteiger partial charge in [0.1, 0.15) is 0 Å². The second-order valence-electron chi connectivity index (χ2n) is 7.45. The minimum Gasteiger partial charge on any atom is -0.298 e. The zero-order valence-electron chi connectivity index (χ0n) is 13.9. The van der Waals surface area contributed by atoms with Gasteiger partial charge in [-0.3, -0.25) is 4.90 Å². The molecule has 108 valence electrons. The molecule has 0 spiro atoms. The lowest BCUT2D eigenvalue weighted by molar-refractivity contribution is 0.147. The van der Waals surface area contributed by atoms with Crippen LogP contribution in [-0.4, -0.2) is 23.5 Å². The molecule has 0 heterocycles. The molecule has 1 rings (SSSR count). The van der Waals surface area contributed by atoms with Gasteiger partial charge in [0.15, 0.2) is 0 Å². The van der Waals surface area contributed by atoms with Crippen LogP contribution in [0.4, 0.5) is 0 Å². The topological polar surface area (TPSA) is 3.24 Å². The highest BCUT2D eigenvalue weighted by Gasteiger charge is 2.19. The number of hydrogen-bond acceptors (Lipinski definition) is 1. The Bertz CT molecular complexity index is 376. The normalized spacial score (nSPS) is 13.1. The van der Waals surface area contributed by atoms with E-state index in [0.29, 0.717) is 0 Å². The smallest absolute Gasteiger partial charge is 0.0125 e. The zero-order valence-corrected chi connectivity index (χ0v) is 13.9. The van der Waals surface area contributed by atoms with Crippen LogP contribution in [0.15, 0.2) is 24.3 Å². The summed E-state index contributed by atoms with van der Waals surface area (Å²) in [6.07, 6.45) is 1.13. The van der Waals surface area contributed by atoms with Crippen molar-refractivity contribution in [1.29, 1.82) is 0 Å². The van der Waals surface area contributed by atoms with Crippen LogP contribution >= 0.6 is 0 Å². The van der Waals surface area contributed by atoms with Crippen LogP contribution < -0.4 is 0 Å². The van der Waals surface area contributed by atoms with Gasteiger partial charge in [-0.1, -0.05) is 52.0 Å². The molecular formula is C18H31N. The first-order chi connectivity index (χ1) is 8.64. The van der Waals surface area contributed by atoms with Gasteiger partial charge in [-0.2, -0.15) is 0 Å². The quantitative estimate of drug-likeness (QED) is 0.762. The molecule has 0 amide bonds. The van der Waals surface area contributed by atoms with Crippen molar-refractivity contribution in [2.75, 3.05) is 13.1 Å². The molecular weight excluding hydrogens is 230 g/mol. The van der Waals surface area contributed by atoms with Gasteiger partial charge < -0.3 is 0 Å². The van der Waals surface area contributed by atoms with E-state index in [-0.39, 0.29) is 11.0 Å². The van der Waals surface area contributed by atoms with Gasteiger partial charge >= 0.3 is 0 Å². The Balaban J connectivity index is 2.64. The molecule has 0 N–H and O–H groups in total. The Hall–Kier alpha value is -0.820. The Morgan fingerprint density at radius 3 is 1.79 bits per heavy atom.